The number of fused-ring (bicyclic) bond motifs is 1. The number of nitrogens with one attached hydrogen (secondary N) is 1. The van der Waals surface area contributed by atoms with Crippen molar-refractivity contribution in [3.8, 4) is 11.1 Å². The number of hydrogen-bond donors (Lipinski definition) is 1. The first-order valence-corrected chi connectivity index (χ1v) is 12.3. The van der Waals surface area contributed by atoms with Crippen molar-refractivity contribution in [2.75, 3.05) is 31.2 Å². The fraction of sp³-hybridized carbons (Fsp3) is 0.357. The maximum atomic E-state index is 13.0. The van der Waals surface area contributed by atoms with Gasteiger partial charge in [0.05, 0.1) is 13.2 Å². The predicted octanol–water partition coefficient (Wildman–Crippen LogP) is 5.14. The average Bonchev–Trinajstić information content (AvgIpc) is 2.85. The summed E-state index contributed by atoms with van der Waals surface area (Å²) in [6, 6.07) is 14.1. The van der Waals surface area contributed by atoms with Crippen LogP contribution in [0.5, 0.6) is 0 Å². The van der Waals surface area contributed by atoms with E-state index in [9.17, 15) is 4.79 Å². The van der Waals surface area contributed by atoms with E-state index in [4.69, 9.17) is 16.3 Å². The Hall–Kier alpha value is -2.89. The Morgan fingerprint density at radius 1 is 1.06 bits per heavy atom. The third-order valence-electron chi connectivity index (χ3n) is 7.02. The van der Waals surface area contributed by atoms with E-state index in [0.717, 1.165) is 62.3 Å². The smallest absolute Gasteiger partial charge is 0.270 e. The second kappa shape index (κ2) is 9.77. The normalized spacial score (nSPS) is 17.9. The first kappa shape index (κ1) is 22.9. The second-order valence-corrected chi connectivity index (χ2v) is 9.70. The Labute approximate surface area is 206 Å². The molecule has 2 aliphatic rings. The van der Waals surface area contributed by atoms with Crippen LogP contribution in [0, 0.1) is 13.8 Å². The van der Waals surface area contributed by atoms with Crippen LogP contribution in [-0.2, 0) is 17.6 Å². The molecule has 2 heterocycles. The van der Waals surface area contributed by atoms with Crippen LogP contribution in [-0.4, -0.2) is 43.2 Å². The van der Waals surface area contributed by atoms with E-state index in [1.54, 1.807) is 12.3 Å². The van der Waals surface area contributed by atoms with E-state index in [1.807, 2.05) is 31.2 Å². The highest BCUT2D eigenvalue weighted by Gasteiger charge is 2.26. The minimum atomic E-state index is -0.117. The van der Waals surface area contributed by atoms with Gasteiger partial charge in [0.2, 0.25) is 0 Å². The van der Waals surface area contributed by atoms with Gasteiger partial charge in [-0.25, -0.2) is 0 Å². The van der Waals surface area contributed by atoms with E-state index < -0.39 is 0 Å². The van der Waals surface area contributed by atoms with Gasteiger partial charge in [-0.1, -0.05) is 29.8 Å². The third-order valence-corrected chi connectivity index (χ3v) is 7.25. The summed E-state index contributed by atoms with van der Waals surface area (Å²) < 4.78 is 5.55. The molecule has 0 saturated carbocycles. The van der Waals surface area contributed by atoms with Crippen molar-refractivity contribution in [2.45, 2.75) is 39.2 Å². The monoisotopic (exact) mass is 475 g/mol. The zero-order chi connectivity index (χ0) is 23.7. The van der Waals surface area contributed by atoms with Crippen LogP contribution in [0.25, 0.3) is 11.1 Å². The quantitative estimate of drug-likeness (QED) is 0.567. The molecule has 0 bridgehead atoms. The number of aromatic nitrogens is 1. The lowest BCUT2D eigenvalue weighted by Crippen LogP contribution is -2.41. The number of carbonyl (C=O) groups is 1. The van der Waals surface area contributed by atoms with Crippen LogP contribution in [0.3, 0.4) is 0 Å². The molecule has 34 heavy (non-hydrogen) atoms. The first-order valence-electron chi connectivity index (χ1n) is 12.0. The molecule has 3 aromatic rings. The molecule has 5 rings (SSSR count). The van der Waals surface area contributed by atoms with Crippen molar-refractivity contribution in [2.24, 2.45) is 0 Å². The molecule has 1 aliphatic heterocycles. The van der Waals surface area contributed by atoms with Crippen LogP contribution in [0.4, 0.5) is 5.69 Å². The lowest BCUT2D eigenvalue weighted by atomic mass is 9.84. The molecule has 1 fully saturated rings. The molecule has 0 spiro atoms. The van der Waals surface area contributed by atoms with Crippen LogP contribution in [0.1, 0.15) is 39.2 Å². The number of rotatable bonds is 4. The zero-order valence-corrected chi connectivity index (χ0v) is 20.5. The van der Waals surface area contributed by atoms with Crippen molar-refractivity contribution in [1.29, 1.82) is 0 Å². The average molecular weight is 476 g/mol. The zero-order valence-electron chi connectivity index (χ0n) is 19.7. The summed E-state index contributed by atoms with van der Waals surface area (Å²) in [5, 5.41) is 3.96. The Balaban J connectivity index is 1.30. The summed E-state index contributed by atoms with van der Waals surface area (Å²) in [5.41, 5.74) is 9.02. The molecule has 6 heteroatoms. The number of carbonyl (C=O) groups excluding carboxylic acids is 1. The largest absolute Gasteiger partial charge is 0.378 e. The number of aryl methyl sites for hydroxylation is 2. The van der Waals surface area contributed by atoms with Crippen molar-refractivity contribution >= 4 is 23.2 Å². The maximum absolute atomic E-state index is 13.0. The van der Waals surface area contributed by atoms with Gasteiger partial charge in [0, 0.05) is 41.6 Å². The Morgan fingerprint density at radius 3 is 2.62 bits per heavy atom. The van der Waals surface area contributed by atoms with Crippen LogP contribution >= 0.6 is 11.6 Å². The second-order valence-electron chi connectivity index (χ2n) is 9.26. The number of hydrogen-bond acceptors (Lipinski definition) is 4. The minimum Gasteiger partial charge on any atom is -0.378 e. The summed E-state index contributed by atoms with van der Waals surface area (Å²) in [6.07, 6.45) is 4.53. The number of morpholine rings is 1. The lowest BCUT2D eigenvalue weighted by molar-refractivity contribution is 0.0928. The summed E-state index contributed by atoms with van der Waals surface area (Å²) in [4.78, 5) is 19.9. The van der Waals surface area contributed by atoms with Gasteiger partial charge in [0.25, 0.3) is 5.91 Å². The Morgan fingerprint density at radius 2 is 1.88 bits per heavy atom. The number of nitrogens with zero attached hydrogens (tertiary/aromatic N) is 2. The van der Waals surface area contributed by atoms with E-state index in [2.05, 4.69) is 34.3 Å². The van der Waals surface area contributed by atoms with Crippen LogP contribution in [0.15, 0.2) is 48.7 Å². The molecule has 2 aromatic carbocycles. The highest BCUT2D eigenvalue weighted by molar-refractivity contribution is 6.30. The minimum absolute atomic E-state index is 0.0987. The summed E-state index contributed by atoms with van der Waals surface area (Å²) >= 11 is 6.08. The number of halogens is 1. The van der Waals surface area contributed by atoms with Gasteiger partial charge in [0.15, 0.2) is 0 Å². The van der Waals surface area contributed by atoms with E-state index in [1.165, 1.54) is 22.4 Å². The number of amides is 1. The van der Waals surface area contributed by atoms with Gasteiger partial charge in [-0.3, -0.25) is 9.78 Å². The standard InChI is InChI=1S/C28H30ClN3O2/c1-18-3-10-27(32-11-13-34-14-12-32)25-16-22(6-8-24(18)25)31-28(33)26-9-4-20(17-30-26)23-7-5-21(29)15-19(23)2/h3-5,7,9-10,15,17,22H,6,8,11-14,16H2,1-2H3,(H,31,33)/t22-/m0/s1. The molecule has 1 atom stereocenters. The molecule has 1 saturated heterocycles. The van der Waals surface area contributed by atoms with E-state index in [0.29, 0.717) is 10.7 Å². The van der Waals surface area contributed by atoms with Crippen LogP contribution < -0.4 is 10.2 Å². The molecule has 1 aromatic heterocycles. The van der Waals surface area contributed by atoms with Gasteiger partial charge < -0.3 is 15.0 Å². The fourth-order valence-corrected chi connectivity index (χ4v) is 5.39. The molecule has 1 amide bonds. The molecule has 5 nitrogen and oxygen atoms in total. The van der Waals surface area contributed by atoms with Gasteiger partial charge in [-0.2, -0.15) is 0 Å². The number of ether oxygens (including phenoxy) is 1. The highest BCUT2D eigenvalue weighted by atomic mass is 35.5. The van der Waals surface area contributed by atoms with Gasteiger partial charge >= 0.3 is 0 Å². The number of anilines is 1. The Bertz CT molecular complexity index is 1200. The summed E-state index contributed by atoms with van der Waals surface area (Å²) in [7, 11) is 0. The summed E-state index contributed by atoms with van der Waals surface area (Å²) in [6.45, 7) is 7.57. The first-order chi connectivity index (χ1) is 16.5. The van der Waals surface area contributed by atoms with E-state index >= 15 is 0 Å². The van der Waals surface area contributed by atoms with Gasteiger partial charge in [-0.05, 0) is 85.2 Å². The molecular formula is C28H30ClN3O2. The van der Waals surface area contributed by atoms with Crippen LogP contribution in [0.2, 0.25) is 5.02 Å². The third kappa shape index (κ3) is 4.68. The van der Waals surface area contributed by atoms with Crippen molar-refractivity contribution in [3.05, 3.63) is 81.6 Å². The summed E-state index contributed by atoms with van der Waals surface area (Å²) in [5.74, 6) is -0.117. The molecule has 0 radical (unpaired) electrons. The maximum Gasteiger partial charge on any atom is 0.270 e. The van der Waals surface area contributed by atoms with Crippen molar-refractivity contribution in [1.82, 2.24) is 10.3 Å². The van der Waals surface area contributed by atoms with E-state index in [-0.39, 0.29) is 11.9 Å². The number of pyridine rings is 1. The Kier molecular flexibility index (Phi) is 6.57. The topological polar surface area (TPSA) is 54.5 Å². The van der Waals surface area contributed by atoms with Gasteiger partial charge in [-0.15, -0.1) is 0 Å². The lowest BCUT2D eigenvalue weighted by Gasteiger charge is -2.35. The SMILES string of the molecule is Cc1cc(Cl)ccc1-c1ccc(C(=O)N[C@H]2CCc3c(C)ccc(N4CCOCC4)c3C2)nc1. The molecule has 0 unspecified atom stereocenters. The number of benzene rings is 2. The fourth-order valence-electron chi connectivity index (χ4n) is 5.16. The van der Waals surface area contributed by atoms with Crippen molar-refractivity contribution in [3.63, 3.8) is 0 Å². The molecular weight excluding hydrogens is 446 g/mol. The highest BCUT2D eigenvalue weighted by Crippen LogP contribution is 2.33. The molecule has 176 valence electrons. The van der Waals surface area contributed by atoms with Crippen molar-refractivity contribution < 1.29 is 9.53 Å². The predicted molar refractivity (Wildman–Crippen MR) is 137 cm³/mol. The molecule has 1 aliphatic carbocycles. The molecule has 1 N–H and O–H groups in total. The van der Waals surface area contributed by atoms with Gasteiger partial charge in [0.1, 0.15) is 5.69 Å².